The van der Waals surface area contributed by atoms with Crippen LogP contribution in [0.1, 0.15) is 12.5 Å². The van der Waals surface area contributed by atoms with Gasteiger partial charge in [0.15, 0.2) is 0 Å². The molecule has 3 N–H and O–H groups in total. The van der Waals surface area contributed by atoms with Gasteiger partial charge in [0.1, 0.15) is 4.90 Å². The molecule has 3 aromatic carbocycles. The van der Waals surface area contributed by atoms with Crippen LogP contribution in [-0.4, -0.2) is 31.8 Å². The zero-order valence-corrected chi connectivity index (χ0v) is 24.6. The van der Waals surface area contributed by atoms with Gasteiger partial charge in [0, 0.05) is 12.6 Å². The molecule has 0 fully saturated rings. The van der Waals surface area contributed by atoms with Gasteiger partial charge in [-0.25, -0.2) is 0 Å². The molecular weight excluding hydrogens is 524 g/mol. The fourth-order valence-electron chi connectivity index (χ4n) is 2.95. The summed E-state index contributed by atoms with van der Waals surface area (Å²) in [4.78, 5) is 9.36. The molecule has 0 aliphatic carbocycles. The van der Waals surface area contributed by atoms with Crippen molar-refractivity contribution in [2.45, 2.75) is 23.6 Å². The molecular formula is C19H15N3Na2O9S2. The maximum Gasteiger partial charge on any atom is 1.00 e. The summed E-state index contributed by atoms with van der Waals surface area (Å²) >= 11 is 0. The van der Waals surface area contributed by atoms with Crippen LogP contribution in [0.15, 0.2) is 56.4 Å². The summed E-state index contributed by atoms with van der Waals surface area (Å²) in [5.74, 6) is -2.71. The molecule has 0 unspecified atom stereocenters. The second-order valence-electron chi connectivity index (χ2n) is 6.90. The Hall–Kier alpha value is -1.59. The molecule has 0 atom stereocenters. The van der Waals surface area contributed by atoms with E-state index in [0.29, 0.717) is 29.4 Å². The minimum Gasteiger partial charge on any atom is -0.872 e. The molecule has 3 aromatic rings. The second-order valence-corrected chi connectivity index (χ2v) is 9.72. The van der Waals surface area contributed by atoms with E-state index < -0.39 is 58.0 Å². The summed E-state index contributed by atoms with van der Waals surface area (Å²) in [6, 6.07) is 6.44. The zero-order valence-electron chi connectivity index (χ0n) is 18.9. The van der Waals surface area contributed by atoms with Crippen LogP contribution in [0, 0.1) is 6.92 Å². The van der Waals surface area contributed by atoms with E-state index in [1.165, 1.54) is 13.0 Å². The topological polar surface area (TPSA) is 209 Å². The van der Waals surface area contributed by atoms with Gasteiger partial charge in [-0.05, 0) is 53.6 Å². The molecule has 12 nitrogen and oxygen atoms in total. The van der Waals surface area contributed by atoms with Crippen molar-refractivity contribution in [3.05, 3.63) is 42.0 Å². The number of benzene rings is 3. The first kappa shape index (κ1) is 31.4. The zero-order chi connectivity index (χ0) is 24.7. The molecule has 0 heterocycles. The Morgan fingerprint density at radius 2 is 1.57 bits per heavy atom. The molecule has 0 aliphatic heterocycles. The Morgan fingerprint density at radius 1 is 0.943 bits per heavy atom. The molecule has 16 heteroatoms. The van der Waals surface area contributed by atoms with Crippen molar-refractivity contribution in [1.29, 1.82) is 0 Å². The van der Waals surface area contributed by atoms with E-state index in [0.717, 1.165) is 0 Å². The number of nitrogens with zero attached hydrogens (tertiary/aromatic N) is 2. The Morgan fingerprint density at radius 3 is 2.11 bits per heavy atom. The summed E-state index contributed by atoms with van der Waals surface area (Å²) < 4.78 is 65.3. The van der Waals surface area contributed by atoms with Gasteiger partial charge < -0.3 is 15.5 Å². The molecule has 0 aromatic heterocycles. The van der Waals surface area contributed by atoms with Gasteiger partial charge in [-0.3, -0.25) is 13.9 Å². The normalized spacial score (nSPS) is 11.7. The van der Waals surface area contributed by atoms with Crippen LogP contribution in [0.25, 0.3) is 10.8 Å². The minimum absolute atomic E-state index is 0. The maximum atomic E-state index is 12.9. The summed E-state index contributed by atoms with van der Waals surface area (Å²) in [6.07, 6.45) is 0. The number of azo groups is 1. The number of fused-ring (bicyclic) bond motifs is 1. The van der Waals surface area contributed by atoms with Crippen LogP contribution >= 0.6 is 0 Å². The van der Waals surface area contributed by atoms with E-state index in [1.807, 2.05) is 0 Å². The summed E-state index contributed by atoms with van der Waals surface area (Å²) in [5.41, 5.74) is 0.145. The Labute approximate surface area is 244 Å². The molecule has 3 rings (SSSR count). The summed E-state index contributed by atoms with van der Waals surface area (Å²) in [7, 11) is -9.91. The molecule has 1 amide bonds. The molecule has 35 heavy (non-hydrogen) atoms. The van der Waals surface area contributed by atoms with Crippen LogP contribution in [-0.2, 0) is 25.0 Å². The Kier molecular flexibility index (Phi) is 10.5. The number of hydrogen-bond donors (Lipinski definition) is 3. The van der Waals surface area contributed by atoms with Gasteiger partial charge in [-0.1, -0.05) is 11.8 Å². The average molecular weight is 539 g/mol. The Bertz CT molecular complexity index is 1560. The van der Waals surface area contributed by atoms with Gasteiger partial charge in [0.2, 0.25) is 5.91 Å². The van der Waals surface area contributed by atoms with Gasteiger partial charge in [0.05, 0.1) is 16.3 Å². The SMILES string of the molecule is CC(=O)Nc1ccc(C)c(N=Nc2c(S(=O)(=O)O)cc3cc(S(=O)(=O)O)cc([O-])c3c2[O-])c1.[Na+].[Na+]. The number of rotatable bonds is 5. The van der Waals surface area contributed by atoms with Crippen molar-refractivity contribution in [1.82, 2.24) is 0 Å². The number of amides is 1. The third kappa shape index (κ3) is 7.22. The van der Waals surface area contributed by atoms with Crippen molar-refractivity contribution < 1.29 is 100 Å². The Balaban J connectivity index is 0.00000306. The van der Waals surface area contributed by atoms with E-state index >= 15 is 0 Å². The first-order chi connectivity index (χ1) is 15.2. The monoisotopic (exact) mass is 539 g/mol. The molecule has 0 radical (unpaired) electrons. The molecule has 0 saturated heterocycles. The fourth-order valence-corrected chi connectivity index (χ4v) is 4.14. The minimum atomic E-state index is -5.07. The van der Waals surface area contributed by atoms with E-state index in [9.17, 15) is 36.4 Å². The summed E-state index contributed by atoms with van der Waals surface area (Å²) in [5, 5.41) is 34.2. The number of aryl methyl sites for hydroxylation is 1. The van der Waals surface area contributed by atoms with Crippen molar-refractivity contribution in [3.63, 3.8) is 0 Å². The van der Waals surface area contributed by atoms with Gasteiger partial charge in [-0.2, -0.15) is 21.9 Å². The average Bonchev–Trinajstić information content (AvgIpc) is 2.66. The van der Waals surface area contributed by atoms with Crippen molar-refractivity contribution in [2.75, 3.05) is 5.32 Å². The smallest absolute Gasteiger partial charge is 0.872 e. The predicted octanol–water partition coefficient (Wildman–Crippen LogP) is -3.83. The molecule has 174 valence electrons. The summed E-state index contributed by atoms with van der Waals surface area (Å²) in [6.45, 7) is 2.91. The van der Waals surface area contributed by atoms with Gasteiger partial charge in [-0.15, -0.1) is 10.9 Å². The van der Waals surface area contributed by atoms with E-state index in [1.54, 1.807) is 19.1 Å². The molecule has 0 saturated carbocycles. The van der Waals surface area contributed by atoms with Crippen molar-refractivity contribution >= 4 is 54.0 Å². The van der Waals surface area contributed by atoms with Crippen LogP contribution in [0.3, 0.4) is 0 Å². The number of hydrogen-bond acceptors (Lipinski definition) is 9. The third-order valence-corrected chi connectivity index (χ3v) is 6.13. The number of nitrogens with one attached hydrogen (secondary N) is 1. The molecule has 0 spiro atoms. The number of carbonyl (C=O) groups excluding carboxylic acids is 1. The van der Waals surface area contributed by atoms with Crippen LogP contribution in [0.4, 0.5) is 17.1 Å². The van der Waals surface area contributed by atoms with Crippen LogP contribution < -0.4 is 74.6 Å². The second kappa shape index (κ2) is 11.6. The van der Waals surface area contributed by atoms with Crippen LogP contribution in [0.5, 0.6) is 11.5 Å². The van der Waals surface area contributed by atoms with E-state index in [4.69, 9.17) is 4.55 Å². The number of carbonyl (C=O) groups is 1. The van der Waals surface area contributed by atoms with Crippen molar-refractivity contribution in [3.8, 4) is 11.5 Å². The predicted molar refractivity (Wildman–Crippen MR) is 112 cm³/mol. The van der Waals surface area contributed by atoms with E-state index in [-0.39, 0.29) is 70.7 Å². The number of anilines is 1. The maximum absolute atomic E-state index is 12.9. The first-order valence-electron chi connectivity index (χ1n) is 8.92. The van der Waals surface area contributed by atoms with Crippen molar-refractivity contribution in [2.24, 2.45) is 10.2 Å². The van der Waals surface area contributed by atoms with E-state index in [2.05, 4.69) is 15.5 Å². The molecule has 0 aliphatic rings. The molecule has 0 bridgehead atoms. The van der Waals surface area contributed by atoms with Crippen LogP contribution in [0.2, 0.25) is 0 Å². The fraction of sp³-hybridized carbons (Fsp3) is 0.105. The first-order valence-corrected chi connectivity index (χ1v) is 11.8. The van der Waals surface area contributed by atoms with Gasteiger partial charge in [0.25, 0.3) is 20.2 Å². The standard InChI is InChI=1S/C19H17N3O9S2.2Na/c1-9-3-4-12(20-10(2)23)7-14(9)21-22-18-16(33(29,30)31)6-11-5-13(32(26,27)28)8-15(24)17(11)19(18)25;;/h3-8,24-25H,1-2H3,(H,20,23)(H,26,27,28)(H,29,30,31);;/q;2*+1/p-2. The quantitative estimate of drug-likeness (QED) is 0.165. The largest absolute Gasteiger partial charge is 1.00 e. The third-order valence-electron chi connectivity index (χ3n) is 4.43. The van der Waals surface area contributed by atoms with Gasteiger partial charge >= 0.3 is 59.1 Å².